The molecule has 2 aliphatic heterocycles. The van der Waals surface area contributed by atoms with Crippen molar-refractivity contribution in [3.63, 3.8) is 0 Å². The standard InChI is InChI=1S/C16H31N3O3/c1-14-15(16(20)21)4-3-5-19(14)11-10-17-6-8-18(9-7-17)12-13-22-2/h14-15H,3-13H2,1-2H3,(H,20,21). The molecular formula is C16H31N3O3. The molecule has 2 saturated heterocycles. The van der Waals surface area contributed by atoms with Crippen LogP contribution in [-0.2, 0) is 9.53 Å². The number of nitrogens with zero attached hydrogens (tertiary/aromatic N) is 3. The van der Waals surface area contributed by atoms with Crippen LogP contribution in [0.15, 0.2) is 0 Å². The number of rotatable bonds is 7. The molecule has 2 atom stereocenters. The molecule has 0 spiro atoms. The van der Waals surface area contributed by atoms with Crippen LogP contribution in [-0.4, -0.2) is 97.9 Å². The van der Waals surface area contributed by atoms with Gasteiger partial charge in [0.2, 0.25) is 0 Å². The summed E-state index contributed by atoms with van der Waals surface area (Å²) in [6.07, 6.45) is 1.83. The molecule has 0 bridgehead atoms. The molecule has 6 heteroatoms. The summed E-state index contributed by atoms with van der Waals surface area (Å²) in [4.78, 5) is 18.6. The van der Waals surface area contributed by atoms with E-state index >= 15 is 0 Å². The summed E-state index contributed by atoms with van der Waals surface area (Å²) in [6, 6.07) is 0.161. The Balaban J connectivity index is 1.69. The molecular weight excluding hydrogens is 282 g/mol. The van der Waals surface area contributed by atoms with E-state index < -0.39 is 5.97 Å². The summed E-state index contributed by atoms with van der Waals surface area (Å²) in [5, 5.41) is 9.29. The zero-order chi connectivity index (χ0) is 15.9. The van der Waals surface area contributed by atoms with Crippen molar-refractivity contribution in [3.8, 4) is 0 Å². The molecule has 0 saturated carbocycles. The van der Waals surface area contributed by atoms with E-state index in [0.717, 1.165) is 71.8 Å². The number of methoxy groups -OCH3 is 1. The number of piperidine rings is 1. The molecule has 0 aromatic heterocycles. The fraction of sp³-hybridized carbons (Fsp3) is 0.938. The van der Waals surface area contributed by atoms with Crippen LogP contribution in [0.25, 0.3) is 0 Å². The Labute approximate surface area is 134 Å². The monoisotopic (exact) mass is 313 g/mol. The number of carboxylic acid groups (broad SMARTS) is 1. The van der Waals surface area contributed by atoms with Crippen LogP contribution < -0.4 is 0 Å². The second kappa shape index (κ2) is 8.82. The Kier molecular flexibility index (Phi) is 7.08. The molecule has 2 aliphatic rings. The normalized spacial score (nSPS) is 28.8. The quantitative estimate of drug-likeness (QED) is 0.736. The molecule has 6 nitrogen and oxygen atoms in total. The Bertz CT molecular complexity index is 346. The van der Waals surface area contributed by atoms with Gasteiger partial charge in [-0.05, 0) is 26.3 Å². The van der Waals surface area contributed by atoms with Gasteiger partial charge in [0.25, 0.3) is 0 Å². The van der Waals surface area contributed by atoms with E-state index in [2.05, 4.69) is 21.6 Å². The summed E-state index contributed by atoms with van der Waals surface area (Å²) in [5.74, 6) is -0.830. The number of carboxylic acids is 1. The molecule has 22 heavy (non-hydrogen) atoms. The van der Waals surface area contributed by atoms with E-state index in [4.69, 9.17) is 4.74 Å². The van der Waals surface area contributed by atoms with Crippen molar-refractivity contribution in [1.82, 2.24) is 14.7 Å². The van der Waals surface area contributed by atoms with E-state index in [9.17, 15) is 9.90 Å². The number of aliphatic carboxylic acids is 1. The van der Waals surface area contributed by atoms with Crippen molar-refractivity contribution in [3.05, 3.63) is 0 Å². The van der Waals surface area contributed by atoms with Crippen molar-refractivity contribution in [2.24, 2.45) is 5.92 Å². The zero-order valence-electron chi connectivity index (χ0n) is 14.0. The maximum absolute atomic E-state index is 11.3. The Morgan fingerprint density at radius 1 is 1.09 bits per heavy atom. The average Bonchev–Trinajstić information content (AvgIpc) is 2.52. The van der Waals surface area contributed by atoms with Crippen LogP contribution in [0.2, 0.25) is 0 Å². The summed E-state index contributed by atoms with van der Waals surface area (Å²) in [7, 11) is 1.75. The summed E-state index contributed by atoms with van der Waals surface area (Å²) in [5.41, 5.74) is 0. The Morgan fingerprint density at radius 2 is 1.73 bits per heavy atom. The average molecular weight is 313 g/mol. The van der Waals surface area contributed by atoms with Crippen LogP contribution in [0.4, 0.5) is 0 Å². The van der Waals surface area contributed by atoms with Crippen molar-refractivity contribution in [2.75, 3.05) is 66.1 Å². The minimum Gasteiger partial charge on any atom is -0.481 e. The highest BCUT2D eigenvalue weighted by Gasteiger charge is 2.32. The summed E-state index contributed by atoms with van der Waals surface area (Å²) < 4.78 is 5.13. The minimum atomic E-state index is -0.635. The maximum atomic E-state index is 11.3. The smallest absolute Gasteiger partial charge is 0.308 e. The molecule has 0 aliphatic carbocycles. The maximum Gasteiger partial charge on any atom is 0.308 e. The molecule has 2 fully saturated rings. The fourth-order valence-electron chi connectivity index (χ4n) is 3.59. The van der Waals surface area contributed by atoms with E-state index in [0.29, 0.717) is 0 Å². The number of carbonyl (C=O) groups is 1. The van der Waals surface area contributed by atoms with Crippen LogP contribution >= 0.6 is 0 Å². The fourth-order valence-corrected chi connectivity index (χ4v) is 3.59. The molecule has 2 unspecified atom stereocenters. The molecule has 0 aromatic rings. The third-order valence-corrected chi connectivity index (χ3v) is 5.22. The Hall–Kier alpha value is -0.690. The van der Waals surface area contributed by atoms with Gasteiger partial charge in [0.15, 0.2) is 0 Å². The van der Waals surface area contributed by atoms with Crippen molar-refractivity contribution < 1.29 is 14.6 Å². The highest BCUT2D eigenvalue weighted by atomic mass is 16.5. The number of ether oxygens (including phenoxy) is 1. The SMILES string of the molecule is COCCN1CCN(CCN2CCCC(C(=O)O)C2C)CC1. The van der Waals surface area contributed by atoms with Gasteiger partial charge < -0.3 is 9.84 Å². The highest BCUT2D eigenvalue weighted by molar-refractivity contribution is 5.70. The largest absolute Gasteiger partial charge is 0.481 e. The Morgan fingerprint density at radius 3 is 2.32 bits per heavy atom. The van der Waals surface area contributed by atoms with Crippen molar-refractivity contribution >= 4 is 5.97 Å². The molecule has 0 amide bonds. The predicted molar refractivity (Wildman–Crippen MR) is 86.2 cm³/mol. The van der Waals surface area contributed by atoms with Crippen LogP contribution in [0.3, 0.4) is 0 Å². The van der Waals surface area contributed by atoms with E-state index in [-0.39, 0.29) is 12.0 Å². The van der Waals surface area contributed by atoms with E-state index in [1.807, 2.05) is 0 Å². The van der Waals surface area contributed by atoms with Gasteiger partial charge in [-0.3, -0.25) is 19.5 Å². The van der Waals surface area contributed by atoms with Gasteiger partial charge in [0.05, 0.1) is 12.5 Å². The van der Waals surface area contributed by atoms with Gasteiger partial charge in [-0.1, -0.05) is 0 Å². The van der Waals surface area contributed by atoms with Crippen LogP contribution in [0, 0.1) is 5.92 Å². The zero-order valence-corrected chi connectivity index (χ0v) is 14.0. The minimum absolute atomic E-state index is 0.161. The first kappa shape index (κ1) is 17.7. The van der Waals surface area contributed by atoms with Gasteiger partial charge in [-0.2, -0.15) is 0 Å². The third kappa shape index (κ3) is 4.91. The molecule has 0 aromatic carbocycles. The van der Waals surface area contributed by atoms with Crippen LogP contribution in [0.5, 0.6) is 0 Å². The first-order chi connectivity index (χ1) is 10.6. The van der Waals surface area contributed by atoms with Gasteiger partial charge in [0.1, 0.15) is 0 Å². The third-order valence-electron chi connectivity index (χ3n) is 5.22. The lowest BCUT2D eigenvalue weighted by molar-refractivity contribution is -0.145. The lowest BCUT2D eigenvalue weighted by atomic mass is 9.90. The first-order valence-electron chi connectivity index (χ1n) is 8.52. The number of hydrogen-bond acceptors (Lipinski definition) is 5. The van der Waals surface area contributed by atoms with Crippen molar-refractivity contribution in [2.45, 2.75) is 25.8 Å². The second-order valence-corrected chi connectivity index (χ2v) is 6.54. The molecule has 2 rings (SSSR count). The lowest BCUT2D eigenvalue weighted by Gasteiger charge is -2.40. The number of hydrogen-bond donors (Lipinski definition) is 1. The van der Waals surface area contributed by atoms with Gasteiger partial charge >= 0.3 is 5.97 Å². The predicted octanol–water partition coefficient (Wildman–Crippen LogP) is 0.436. The van der Waals surface area contributed by atoms with Gasteiger partial charge in [-0.25, -0.2) is 0 Å². The molecule has 1 N–H and O–H groups in total. The second-order valence-electron chi connectivity index (χ2n) is 6.54. The first-order valence-corrected chi connectivity index (χ1v) is 8.52. The molecule has 0 radical (unpaired) electrons. The lowest BCUT2D eigenvalue weighted by Crippen LogP contribution is -2.52. The van der Waals surface area contributed by atoms with Crippen LogP contribution in [0.1, 0.15) is 19.8 Å². The van der Waals surface area contributed by atoms with E-state index in [1.54, 1.807) is 7.11 Å². The number of piperazine rings is 1. The summed E-state index contributed by atoms with van der Waals surface area (Å²) in [6.45, 7) is 11.4. The highest BCUT2D eigenvalue weighted by Crippen LogP contribution is 2.23. The molecule has 2 heterocycles. The van der Waals surface area contributed by atoms with E-state index in [1.165, 1.54) is 0 Å². The van der Waals surface area contributed by atoms with Gasteiger partial charge in [0, 0.05) is 59.0 Å². The molecule has 128 valence electrons. The summed E-state index contributed by atoms with van der Waals surface area (Å²) >= 11 is 0. The number of likely N-dealkylation sites (tertiary alicyclic amines) is 1. The van der Waals surface area contributed by atoms with Crippen molar-refractivity contribution in [1.29, 1.82) is 0 Å². The van der Waals surface area contributed by atoms with Gasteiger partial charge in [-0.15, -0.1) is 0 Å². The topological polar surface area (TPSA) is 56.2 Å².